The van der Waals surface area contributed by atoms with E-state index in [1.807, 2.05) is 0 Å². The van der Waals surface area contributed by atoms with Crippen LogP contribution in [0.4, 0.5) is 0 Å². The largest absolute Gasteiger partial charge is 0.393 e. The summed E-state index contributed by atoms with van der Waals surface area (Å²) >= 11 is 0. The fourth-order valence-electron chi connectivity index (χ4n) is 0.941. The fraction of sp³-hybridized carbons (Fsp3) is 0.500. The molecule has 0 unspecified atom stereocenters. The summed E-state index contributed by atoms with van der Waals surface area (Å²) in [6, 6.07) is 0. The van der Waals surface area contributed by atoms with Gasteiger partial charge in [-0.1, -0.05) is 0 Å². The first-order valence-corrected chi connectivity index (χ1v) is 4.14. The molecule has 2 aliphatic heterocycles. The second-order valence-electron chi connectivity index (χ2n) is 2.82. The number of nitrogens with one attached hydrogen (secondary N) is 1. The third kappa shape index (κ3) is 3.34. The van der Waals surface area contributed by atoms with Crippen molar-refractivity contribution in [2.24, 2.45) is 0 Å². The number of hydrogen-bond acceptors (Lipinski definition) is 5. The first kappa shape index (κ1) is 10.4. The van der Waals surface area contributed by atoms with Crippen LogP contribution in [0.25, 0.3) is 0 Å². The zero-order chi connectivity index (χ0) is 10.6. The molecule has 2 amide bonds. The van der Waals surface area contributed by atoms with Crippen LogP contribution in [0.2, 0.25) is 0 Å². The lowest BCUT2D eigenvalue weighted by Crippen LogP contribution is -2.18. The average Bonchev–Trinajstić information content (AvgIpc) is 2.63. The van der Waals surface area contributed by atoms with E-state index in [2.05, 4.69) is 10.1 Å². The van der Waals surface area contributed by atoms with Crippen LogP contribution in [0, 0.1) is 0 Å². The van der Waals surface area contributed by atoms with Gasteiger partial charge in [-0.2, -0.15) is 0 Å². The molecular weight excluding hydrogens is 190 g/mol. The highest BCUT2D eigenvalue weighted by Crippen LogP contribution is 2.03. The highest BCUT2D eigenvalue weighted by Gasteiger charge is 2.19. The molecule has 1 N–H and O–H groups in total. The molecule has 0 atom stereocenters. The molecule has 0 spiro atoms. The molecule has 0 bridgehead atoms. The Kier molecular flexibility index (Phi) is 3.33. The molecule has 0 radical (unpaired) electrons. The van der Waals surface area contributed by atoms with E-state index in [0.29, 0.717) is 12.8 Å². The van der Waals surface area contributed by atoms with E-state index in [1.54, 1.807) is 0 Å². The van der Waals surface area contributed by atoms with Gasteiger partial charge in [-0.25, -0.2) is 0 Å². The summed E-state index contributed by atoms with van der Waals surface area (Å²) in [5.41, 5.74) is 0. The lowest BCUT2D eigenvalue weighted by Gasteiger charge is -1.79. The standard InChI is InChI=1S/C4H5NO2.C4H4O3/c6-3-1-2-4(7)5-3;5-3-1-2-4(6)7-3/h1-2H2,(H,5,6,7);1-2H2. The van der Waals surface area contributed by atoms with Crippen LogP contribution in [0.5, 0.6) is 0 Å². The van der Waals surface area contributed by atoms with E-state index in [1.165, 1.54) is 0 Å². The normalized spacial score (nSPS) is 20.0. The Labute approximate surface area is 79.6 Å². The number of carbonyl (C=O) groups excluding carboxylic acids is 4. The van der Waals surface area contributed by atoms with Gasteiger partial charge in [-0.05, 0) is 0 Å². The molecule has 2 aliphatic rings. The van der Waals surface area contributed by atoms with Crippen LogP contribution in [-0.4, -0.2) is 23.8 Å². The molecule has 2 saturated heterocycles. The Bertz CT molecular complexity index is 238. The Hall–Kier alpha value is -1.72. The molecule has 0 aromatic heterocycles. The minimum atomic E-state index is -0.398. The van der Waals surface area contributed by atoms with Crippen LogP contribution < -0.4 is 5.32 Å². The van der Waals surface area contributed by atoms with Crippen molar-refractivity contribution in [3.8, 4) is 0 Å². The van der Waals surface area contributed by atoms with Gasteiger partial charge in [0.2, 0.25) is 11.8 Å². The molecular formula is C8H9NO5. The van der Waals surface area contributed by atoms with E-state index in [9.17, 15) is 19.2 Å². The van der Waals surface area contributed by atoms with Crippen molar-refractivity contribution in [1.82, 2.24) is 5.32 Å². The molecule has 76 valence electrons. The maximum absolute atomic E-state index is 10.1. The summed E-state index contributed by atoms with van der Waals surface area (Å²) in [6.45, 7) is 0. The number of rotatable bonds is 0. The Morgan fingerprint density at radius 3 is 1.36 bits per heavy atom. The van der Waals surface area contributed by atoms with Crippen molar-refractivity contribution in [3.05, 3.63) is 0 Å². The van der Waals surface area contributed by atoms with Crippen molar-refractivity contribution < 1.29 is 23.9 Å². The predicted molar refractivity (Wildman–Crippen MR) is 42.7 cm³/mol. The molecule has 0 saturated carbocycles. The maximum atomic E-state index is 10.1. The SMILES string of the molecule is O=C1CCC(=O)N1.O=C1CCC(=O)O1. The van der Waals surface area contributed by atoms with Crippen LogP contribution in [0.1, 0.15) is 25.7 Å². The number of hydrogen-bond donors (Lipinski definition) is 1. The average molecular weight is 199 g/mol. The zero-order valence-corrected chi connectivity index (χ0v) is 7.37. The quantitative estimate of drug-likeness (QED) is 0.315. The molecule has 14 heavy (non-hydrogen) atoms. The van der Waals surface area contributed by atoms with Gasteiger partial charge >= 0.3 is 11.9 Å². The summed E-state index contributed by atoms with van der Waals surface area (Å²) < 4.78 is 4.08. The minimum Gasteiger partial charge on any atom is -0.393 e. The molecule has 0 aromatic rings. The molecule has 2 heterocycles. The number of esters is 2. The third-order valence-corrected chi connectivity index (χ3v) is 1.62. The third-order valence-electron chi connectivity index (χ3n) is 1.62. The highest BCUT2D eigenvalue weighted by molar-refractivity contribution is 6.01. The smallest absolute Gasteiger partial charge is 0.314 e. The van der Waals surface area contributed by atoms with Crippen molar-refractivity contribution in [3.63, 3.8) is 0 Å². The summed E-state index contributed by atoms with van der Waals surface area (Å²) in [7, 11) is 0. The van der Waals surface area contributed by atoms with Gasteiger partial charge in [-0.15, -0.1) is 0 Å². The molecule has 2 rings (SSSR count). The van der Waals surface area contributed by atoms with Gasteiger partial charge in [0.1, 0.15) is 0 Å². The van der Waals surface area contributed by atoms with Crippen LogP contribution in [-0.2, 0) is 23.9 Å². The van der Waals surface area contributed by atoms with Crippen molar-refractivity contribution >= 4 is 23.8 Å². The summed E-state index contributed by atoms with van der Waals surface area (Å²) in [5.74, 6) is -1.09. The van der Waals surface area contributed by atoms with Gasteiger partial charge < -0.3 is 4.74 Å². The van der Waals surface area contributed by atoms with Crippen LogP contribution in [0.3, 0.4) is 0 Å². The Morgan fingerprint density at radius 1 is 0.786 bits per heavy atom. The molecule has 0 aromatic carbocycles. The minimum absolute atomic E-state index is 0.148. The first-order valence-electron chi connectivity index (χ1n) is 4.14. The molecule has 0 aliphatic carbocycles. The fourth-order valence-corrected chi connectivity index (χ4v) is 0.941. The second kappa shape index (κ2) is 4.50. The van der Waals surface area contributed by atoms with E-state index in [-0.39, 0.29) is 24.7 Å². The van der Waals surface area contributed by atoms with Crippen molar-refractivity contribution in [2.45, 2.75) is 25.7 Å². The number of amides is 2. The second-order valence-corrected chi connectivity index (χ2v) is 2.82. The van der Waals surface area contributed by atoms with Crippen molar-refractivity contribution in [1.29, 1.82) is 0 Å². The number of ether oxygens (including phenoxy) is 1. The van der Waals surface area contributed by atoms with Crippen LogP contribution >= 0.6 is 0 Å². The van der Waals surface area contributed by atoms with E-state index < -0.39 is 11.9 Å². The summed E-state index contributed by atoms with van der Waals surface area (Å²) in [6.07, 6.45) is 1.27. The van der Waals surface area contributed by atoms with Gasteiger partial charge in [0, 0.05) is 12.8 Å². The lowest BCUT2D eigenvalue weighted by atomic mass is 10.4. The van der Waals surface area contributed by atoms with Gasteiger partial charge in [0.05, 0.1) is 12.8 Å². The molecule has 2 fully saturated rings. The van der Waals surface area contributed by atoms with Gasteiger partial charge in [-0.3, -0.25) is 24.5 Å². The Balaban J connectivity index is 0.000000140. The molecule has 6 heteroatoms. The number of imide groups is 1. The first-order chi connectivity index (χ1) is 6.58. The Morgan fingerprint density at radius 2 is 1.21 bits per heavy atom. The topological polar surface area (TPSA) is 89.5 Å². The summed E-state index contributed by atoms with van der Waals surface area (Å²) in [4.78, 5) is 40.3. The van der Waals surface area contributed by atoms with E-state index >= 15 is 0 Å². The van der Waals surface area contributed by atoms with Crippen LogP contribution in [0.15, 0.2) is 0 Å². The van der Waals surface area contributed by atoms with E-state index in [0.717, 1.165) is 0 Å². The predicted octanol–water partition coefficient (Wildman–Crippen LogP) is -0.727. The molecule has 6 nitrogen and oxygen atoms in total. The van der Waals surface area contributed by atoms with Crippen molar-refractivity contribution in [2.75, 3.05) is 0 Å². The zero-order valence-electron chi connectivity index (χ0n) is 7.37. The van der Waals surface area contributed by atoms with Gasteiger partial charge in [0.15, 0.2) is 0 Å². The summed E-state index contributed by atoms with van der Waals surface area (Å²) in [5, 5.41) is 2.14. The van der Waals surface area contributed by atoms with Gasteiger partial charge in [0.25, 0.3) is 0 Å². The highest BCUT2D eigenvalue weighted by atomic mass is 16.6. The number of cyclic esters (lactones) is 2. The van der Waals surface area contributed by atoms with E-state index in [4.69, 9.17) is 0 Å². The monoisotopic (exact) mass is 199 g/mol. The maximum Gasteiger partial charge on any atom is 0.314 e. The lowest BCUT2D eigenvalue weighted by molar-refractivity contribution is -0.152. The number of carbonyl (C=O) groups is 4.